The van der Waals surface area contributed by atoms with E-state index in [1.54, 1.807) is 0 Å². The Bertz CT molecular complexity index is 619. The maximum absolute atomic E-state index is 6.03. The van der Waals surface area contributed by atoms with Crippen molar-refractivity contribution in [1.29, 1.82) is 0 Å². The monoisotopic (exact) mass is 330 g/mol. The van der Waals surface area contributed by atoms with Crippen molar-refractivity contribution in [2.45, 2.75) is 13.2 Å². The van der Waals surface area contributed by atoms with Crippen LogP contribution in [0.2, 0.25) is 0 Å². The molecule has 0 unspecified atom stereocenters. The molecule has 5 heteroatoms. The molecule has 2 saturated heterocycles. The molecule has 0 aromatic carbocycles. The third kappa shape index (κ3) is 3.33. The van der Waals surface area contributed by atoms with E-state index in [4.69, 9.17) is 9.47 Å². The Hall–Kier alpha value is -1.27. The molecule has 0 N–H and O–H groups in total. The van der Waals surface area contributed by atoms with Crippen LogP contribution >= 0.6 is 11.3 Å². The van der Waals surface area contributed by atoms with Gasteiger partial charge in [0.25, 0.3) is 0 Å². The summed E-state index contributed by atoms with van der Waals surface area (Å²) < 4.78 is 11.8. The Labute approximate surface area is 141 Å². The lowest BCUT2D eigenvalue weighted by atomic mass is 9.82. The van der Waals surface area contributed by atoms with E-state index in [1.165, 1.54) is 4.88 Å². The van der Waals surface area contributed by atoms with Gasteiger partial charge in [0, 0.05) is 42.0 Å². The van der Waals surface area contributed by atoms with Crippen molar-refractivity contribution in [2.75, 3.05) is 32.9 Å². The van der Waals surface area contributed by atoms with Crippen molar-refractivity contribution in [2.24, 2.45) is 11.3 Å². The quantitative estimate of drug-likeness (QED) is 0.816. The molecule has 4 rings (SSSR count). The number of nitrogens with zero attached hydrogens (tertiary/aromatic N) is 2. The highest BCUT2D eigenvalue weighted by Gasteiger charge is 2.50. The number of ether oxygens (including phenoxy) is 2. The van der Waals surface area contributed by atoms with Crippen LogP contribution in [0.25, 0.3) is 0 Å². The van der Waals surface area contributed by atoms with Gasteiger partial charge in [-0.1, -0.05) is 12.1 Å². The molecule has 0 radical (unpaired) electrons. The van der Waals surface area contributed by atoms with Crippen LogP contribution in [-0.4, -0.2) is 42.8 Å². The lowest BCUT2D eigenvalue weighted by Gasteiger charge is -2.27. The highest BCUT2D eigenvalue weighted by atomic mass is 32.1. The van der Waals surface area contributed by atoms with Gasteiger partial charge in [-0.05, 0) is 23.6 Å². The summed E-state index contributed by atoms with van der Waals surface area (Å²) in [7, 11) is 0. The standard InChI is InChI=1S/C18H22N2O2S/c1-2-6-19-16(4-1)11-22-14-18-12-20(8-15(18)10-21-13-18)9-17-5-3-7-23-17/h1-7,15H,8-14H2/t15-,18+/m1/s1. The lowest BCUT2D eigenvalue weighted by molar-refractivity contribution is 0.0172. The normalized spacial score (nSPS) is 27.4. The fraction of sp³-hybridized carbons (Fsp3) is 0.500. The average Bonchev–Trinajstić information content (AvgIpc) is 3.25. The van der Waals surface area contributed by atoms with Gasteiger partial charge in [-0.15, -0.1) is 11.3 Å². The zero-order chi connectivity index (χ0) is 15.5. The first-order valence-corrected chi connectivity index (χ1v) is 9.02. The zero-order valence-corrected chi connectivity index (χ0v) is 14.0. The molecule has 23 heavy (non-hydrogen) atoms. The molecule has 0 aliphatic carbocycles. The van der Waals surface area contributed by atoms with Crippen LogP contribution in [0.3, 0.4) is 0 Å². The molecule has 0 saturated carbocycles. The number of rotatable bonds is 6. The van der Waals surface area contributed by atoms with Crippen molar-refractivity contribution in [3.63, 3.8) is 0 Å². The van der Waals surface area contributed by atoms with Gasteiger partial charge >= 0.3 is 0 Å². The highest BCUT2D eigenvalue weighted by Crippen LogP contribution is 2.42. The number of aromatic nitrogens is 1. The summed E-state index contributed by atoms with van der Waals surface area (Å²) in [5.41, 5.74) is 1.15. The maximum Gasteiger partial charge on any atom is 0.0888 e. The van der Waals surface area contributed by atoms with Crippen LogP contribution in [0.15, 0.2) is 41.9 Å². The summed E-state index contributed by atoms with van der Waals surface area (Å²) in [6.45, 7) is 6.27. The summed E-state index contributed by atoms with van der Waals surface area (Å²) >= 11 is 1.84. The molecule has 0 spiro atoms. The number of likely N-dealkylation sites (tertiary alicyclic amines) is 1. The fourth-order valence-corrected chi connectivity index (χ4v) is 4.48. The number of thiophene rings is 1. The first-order chi connectivity index (χ1) is 11.3. The van der Waals surface area contributed by atoms with E-state index in [2.05, 4.69) is 27.4 Å². The smallest absolute Gasteiger partial charge is 0.0888 e. The third-order valence-corrected chi connectivity index (χ3v) is 5.78. The van der Waals surface area contributed by atoms with Crippen molar-refractivity contribution < 1.29 is 9.47 Å². The first-order valence-electron chi connectivity index (χ1n) is 8.14. The van der Waals surface area contributed by atoms with Gasteiger partial charge in [-0.2, -0.15) is 0 Å². The van der Waals surface area contributed by atoms with Crippen LogP contribution < -0.4 is 0 Å². The van der Waals surface area contributed by atoms with E-state index in [1.807, 2.05) is 35.7 Å². The van der Waals surface area contributed by atoms with Gasteiger partial charge in [0.1, 0.15) is 0 Å². The predicted octanol–water partition coefficient (Wildman–Crippen LogP) is 2.81. The zero-order valence-electron chi connectivity index (χ0n) is 13.2. The minimum absolute atomic E-state index is 0.159. The SMILES string of the molecule is c1ccc(COC[C@]23COC[C@H]2CN(Cc2cccs2)C3)nc1. The second-order valence-electron chi connectivity index (χ2n) is 6.64. The largest absolute Gasteiger partial charge is 0.380 e. The summed E-state index contributed by atoms with van der Waals surface area (Å²) in [4.78, 5) is 8.32. The number of fused-ring (bicyclic) bond motifs is 1. The van der Waals surface area contributed by atoms with E-state index >= 15 is 0 Å². The Morgan fingerprint density at radius 3 is 3.17 bits per heavy atom. The predicted molar refractivity (Wildman–Crippen MR) is 90.2 cm³/mol. The molecule has 4 heterocycles. The molecule has 2 atom stereocenters. The average molecular weight is 330 g/mol. The van der Waals surface area contributed by atoms with E-state index in [0.29, 0.717) is 12.5 Å². The maximum atomic E-state index is 6.03. The Morgan fingerprint density at radius 1 is 1.35 bits per heavy atom. The van der Waals surface area contributed by atoms with E-state index in [0.717, 1.165) is 45.1 Å². The molecule has 2 aliphatic heterocycles. The second-order valence-corrected chi connectivity index (χ2v) is 7.67. The molecule has 2 aromatic heterocycles. The van der Waals surface area contributed by atoms with Crippen molar-refractivity contribution in [1.82, 2.24) is 9.88 Å². The topological polar surface area (TPSA) is 34.6 Å². The molecule has 4 nitrogen and oxygen atoms in total. The van der Waals surface area contributed by atoms with Gasteiger partial charge in [-0.25, -0.2) is 0 Å². The lowest BCUT2D eigenvalue weighted by Crippen LogP contribution is -2.35. The van der Waals surface area contributed by atoms with Crippen molar-refractivity contribution >= 4 is 11.3 Å². The number of pyridine rings is 1. The van der Waals surface area contributed by atoms with Crippen LogP contribution in [-0.2, 0) is 22.6 Å². The Morgan fingerprint density at radius 2 is 2.35 bits per heavy atom. The Kier molecular flexibility index (Phi) is 4.44. The summed E-state index contributed by atoms with van der Waals surface area (Å²) in [6, 6.07) is 10.3. The summed E-state index contributed by atoms with van der Waals surface area (Å²) in [5.74, 6) is 0.589. The van der Waals surface area contributed by atoms with Gasteiger partial charge < -0.3 is 9.47 Å². The van der Waals surface area contributed by atoms with E-state index in [9.17, 15) is 0 Å². The van der Waals surface area contributed by atoms with Crippen LogP contribution in [0.1, 0.15) is 10.6 Å². The number of hydrogen-bond acceptors (Lipinski definition) is 5. The van der Waals surface area contributed by atoms with Crippen molar-refractivity contribution in [3.8, 4) is 0 Å². The minimum Gasteiger partial charge on any atom is -0.380 e. The molecule has 2 fully saturated rings. The second kappa shape index (κ2) is 6.69. The minimum atomic E-state index is 0.159. The number of hydrogen-bond donors (Lipinski definition) is 0. The Balaban J connectivity index is 1.35. The van der Waals surface area contributed by atoms with E-state index < -0.39 is 0 Å². The molecule has 2 aromatic rings. The van der Waals surface area contributed by atoms with E-state index in [-0.39, 0.29) is 5.41 Å². The molecular formula is C18H22N2O2S. The summed E-state index contributed by atoms with van der Waals surface area (Å²) in [5, 5.41) is 2.15. The van der Waals surface area contributed by atoms with Crippen molar-refractivity contribution in [3.05, 3.63) is 52.5 Å². The van der Waals surface area contributed by atoms with Crippen LogP contribution in [0, 0.1) is 11.3 Å². The molecule has 0 bridgehead atoms. The molecular weight excluding hydrogens is 308 g/mol. The molecule has 0 amide bonds. The summed E-state index contributed by atoms with van der Waals surface area (Å²) in [6.07, 6.45) is 1.82. The van der Waals surface area contributed by atoms with Crippen LogP contribution in [0.4, 0.5) is 0 Å². The van der Waals surface area contributed by atoms with Gasteiger partial charge in [-0.3, -0.25) is 9.88 Å². The molecule has 2 aliphatic rings. The highest BCUT2D eigenvalue weighted by molar-refractivity contribution is 7.09. The fourth-order valence-electron chi connectivity index (χ4n) is 3.73. The van der Waals surface area contributed by atoms with Gasteiger partial charge in [0.05, 0.1) is 32.1 Å². The van der Waals surface area contributed by atoms with Gasteiger partial charge in [0.2, 0.25) is 0 Å². The van der Waals surface area contributed by atoms with Gasteiger partial charge in [0.15, 0.2) is 0 Å². The molecule has 122 valence electrons. The first kappa shape index (κ1) is 15.3. The third-order valence-electron chi connectivity index (χ3n) is 4.92. The van der Waals surface area contributed by atoms with Crippen LogP contribution in [0.5, 0.6) is 0 Å².